The number of aliphatic hydroxyl groups is 2. The summed E-state index contributed by atoms with van der Waals surface area (Å²) >= 11 is 0. The molecule has 38 heavy (non-hydrogen) atoms. The Balaban J connectivity index is 1.67. The van der Waals surface area contributed by atoms with Gasteiger partial charge >= 0.3 is 0 Å². The molecule has 9 nitrogen and oxygen atoms in total. The van der Waals surface area contributed by atoms with E-state index in [9.17, 15) is 20.1 Å². The third-order valence-corrected chi connectivity index (χ3v) is 12.0. The van der Waals surface area contributed by atoms with Crippen LogP contribution in [-0.2, 0) is 9.53 Å². The number of ether oxygens (including phenoxy) is 1. The van der Waals surface area contributed by atoms with E-state index >= 15 is 0 Å². The number of likely N-dealkylation sites (tertiary alicyclic amines) is 1. The number of nitrogens with zero attached hydrogens (tertiary/aromatic N) is 1. The maximum Gasteiger partial charge on any atom is 0.293 e. The molecule has 4 fully saturated rings. The maximum absolute atomic E-state index is 13.1. The van der Waals surface area contributed by atoms with Crippen molar-refractivity contribution in [2.75, 3.05) is 46.9 Å². The molecule has 6 aliphatic rings. The minimum atomic E-state index is -1.63. The second kappa shape index (κ2) is 9.13. The first kappa shape index (κ1) is 26.4. The van der Waals surface area contributed by atoms with Gasteiger partial charge in [-0.15, -0.1) is 0 Å². The average Bonchev–Trinajstić information content (AvgIpc) is 3.26. The lowest BCUT2D eigenvalue weighted by Gasteiger charge is -2.69. The molecule has 2 spiro atoms. The van der Waals surface area contributed by atoms with Crippen LogP contribution in [0, 0.1) is 34.0 Å². The number of hydrogen-bond acceptors (Lipinski definition) is 7. The van der Waals surface area contributed by atoms with Crippen molar-refractivity contribution in [3.8, 4) is 0 Å². The molecular weight excluding hydrogens is 484 g/mol. The topological polar surface area (TPSA) is 145 Å². The Morgan fingerprint density at radius 1 is 1.29 bits per heavy atom. The summed E-state index contributed by atoms with van der Waals surface area (Å²) < 4.78 is 5.95. The van der Waals surface area contributed by atoms with Crippen LogP contribution in [-0.4, -0.2) is 80.8 Å². The van der Waals surface area contributed by atoms with Gasteiger partial charge < -0.3 is 35.9 Å². The number of allylic oxidation sites excluding steroid dienone is 1. The number of guanidine groups is 1. The van der Waals surface area contributed by atoms with Gasteiger partial charge in [-0.25, -0.2) is 4.99 Å². The minimum absolute atomic E-state index is 0.0642. The number of methoxy groups -OCH3 is 1. The molecule has 3 bridgehead atoms. The molecule has 1 aliphatic heterocycles. The SMILES string of the molecule is CN=C(N)[NH+]1CC[C@@]2(CNCCO)C=C[C@@H]3[C@]4(O)C(C(=O)[O-])=C5C[C@H]6CC[C@@H](CCCC[C@H]4OC)[C@]53[C@]62C1. The molecule has 0 aromatic heterocycles. The molecule has 0 amide bonds. The fourth-order valence-corrected chi connectivity index (χ4v) is 11.0. The van der Waals surface area contributed by atoms with Crippen molar-refractivity contribution in [2.24, 2.45) is 44.7 Å². The normalized spacial score (nSPS) is 47.4. The second-order valence-corrected chi connectivity index (χ2v) is 12.8. The van der Waals surface area contributed by atoms with Crippen molar-refractivity contribution < 1.29 is 29.8 Å². The molecule has 1 saturated heterocycles. The highest BCUT2D eigenvalue weighted by atomic mass is 16.5. The van der Waals surface area contributed by atoms with E-state index in [2.05, 4.69) is 22.5 Å². The standard InChI is InChI=1S/C29H44N4O5/c1-31-25(30)33-13-11-26(16-32-12-14-34)10-9-21-28-18-5-3-4-6-22(38-2)29(21,37)23(24(35)36)20(28)15-19(8-7-18)27(26,28)17-33/h9-10,18-19,21-22,32,34,37H,3-8,11-17H2,1-2H3,(H2,30,31)(H,35,36)/t18-,19-,21+,22-,26-,27-,28+,29-/m1/s1. The number of carbonyl (C=O) groups excluding carboxylic acids is 1. The van der Waals surface area contributed by atoms with Gasteiger partial charge in [0, 0.05) is 61.4 Å². The number of aliphatic carboxylic acids is 1. The number of aliphatic hydroxyl groups excluding tert-OH is 1. The number of nitrogens with one attached hydrogen (secondary N) is 2. The Kier molecular flexibility index (Phi) is 6.35. The van der Waals surface area contributed by atoms with Crippen LogP contribution in [0.3, 0.4) is 0 Å². The van der Waals surface area contributed by atoms with Crippen molar-refractivity contribution in [1.29, 1.82) is 0 Å². The van der Waals surface area contributed by atoms with Gasteiger partial charge in [0.25, 0.3) is 5.96 Å². The Bertz CT molecular complexity index is 1090. The summed E-state index contributed by atoms with van der Waals surface area (Å²) in [7, 11) is 3.34. The van der Waals surface area contributed by atoms with E-state index in [1.165, 1.54) is 0 Å². The first-order valence-electron chi connectivity index (χ1n) is 14.6. The van der Waals surface area contributed by atoms with E-state index in [0.717, 1.165) is 62.1 Å². The first-order chi connectivity index (χ1) is 18.3. The molecule has 9 atom stereocenters. The van der Waals surface area contributed by atoms with Gasteiger partial charge in [0.05, 0.1) is 31.8 Å². The second-order valence-electron chi connectivity index (χ2n) is 12.8. The summed E-state index contributed by atoms with van der Waals surface area (Å²) in [5.41, 5.74) is 4.86. The molecule has 0 radical (unpaired) electrons. The highest BCUT2D eigenvalue weighted by molar-refractivity contribution is 5.91. The molecular formula is C29H44N4O5. The van der Waals surface area contributed by atoms with E-state index in [4.69, 9.17) is 10.5 Å². The van der Waals surface area contributed by atoms with Crippen LogP contribution in [0.4, 0.5) is 0 Å². The summed E-state index contributed by atoms with van der Waals surface area (Å²) in [4.78, 5) is 18.6. The number of carboxylic acid groups (broad SMARTS) is 1. The largest absolute Gasteiger partial charge is 0.545 e. The van der Waals surface area contributed by atoms with Gasteiger partial charge in [0.1, 0.15) is 5.60 Å². The van der Waals surface area contributed by atoms with Gasteiger partial charge in [0.15, 0.2) is 0 Å². The van der Waals surface area contributed by atoms with Crippen molar-refractivity contribution >= 4 is 11.9 Å². The zero-order chi connectivity index (χ0) is 26.9. The van der Waals surface area contributed by atoms with E-state index in [0.29, 0.717) is 31.9 Å². The summed E-state index contributed by atoms with van der Waals surface area (Å²) in [5, 5.41) is 38.9. The molecule has 6 N–H and O–H groups in total. The van der Waals surface area contributed by atoms with Gasteiger partial charge in [-0.05, 0) is 43.9 Å². The molecule has 3 saturated carbocycles. The lowest BCUT2D eigenvalue weighted by atomic mass is 9.35. The molecule has 6 rings (SSSR count). The zero-order valence-corrected chi connectivity index (χ0v) is 22.8. The lowest BCUT2D eigenvalue weighted by Crippen LogP contribution is -3.19. The van der Waals surface area contributed by atoms with Gasteiger partial charge in [-0.3, -0.25) is 4.90 Å². The van der Waals surface area contributed by atoms with Crippen LogP contribution in [0.25, 0.3) is 0 Å². The summed E-state index contributed by atoms with van der Waals surface area (Å²) in [6, 6.07) is 0. The van der Waals surface area contributed by atoms with Crippen molar-refractivity contribution in [2.45, 2.75) is 63.1 Å². The summed E-state index contributed by atoms with van der Waals surface area (Å²) in [6.07, 6.45) is 11.1. The highest BCUT2D eigenvalue weighted by Gasteiger charge is 2.84. The summed E-state index contributed by atoms with van der Waals surface area (Å²) in [6.45, 7) is 2.88. The van der Waals surface area contributed by atoms with Crippen LogP contribution in [0.15, 0.2) is 28.3 Å². The van der Waals surface area contributed by atoms with E-state index in [1.54, 1.807) is 14.2 Å². The fourth-order valence-electron chi connectivity index (χ4n) is 11.0. The predicted octanol–water partition coefficient (Wildman–Crippen LogP) is -1.24. The molecule has 210 valence electrons. The number of aliphatic imine (C=N–C) groups is 1. The van der Waals surface area contributed by atoms with Crippen LogP contribution < -0.4 is 21.1 Å². The van der Waals surface area contributed by atoms with Gasteiger partial charge in [0.2, 0.25) is 0 Å². The molecule has 0 aromatic carbocycles. The molecule has 1 unspecified atom stereocenters. The van der Waals surface area contributed by atoms with Crippen LogP contribution in [0.1, 0.15) is 51.4 Å². The molecule has 9 heteroatoms. The number of rotatable bonds is 6. The smallest absolute Gasteiger partial charge is 0.293 e. The Hall–Kier alpha value is -1.78. The molecule has 0 aromatic rings. The number of quaternary nitrogens is 1. The van der Waals surface area contributed by atoms with Crippen LogP contribution in [0.2, 0.25) is 0 Å². The highest BCUT2D eigenvalue weighted by Crippen LogP contribution is 2.83. The number of carbonyl (C=O) groups is 1. The number of nitrogens with two attached hydrogens (primary N) is 1. The van der Waals surface area contributed by atoms with Crippen molar-refractivity contribution in [3.05, 3.63) is 23.3 Å². The molecule has 5 aliphatic carbocycles. The van der Waals surface area contributed by atoms with Gasteiger partial charge in [-0.1, -0.05) is 30.6 Å². The number of piperidine rings is 1. The third kappa shape index (κ3) is 2.95. The van der Waals surface area contributed by atoms with Crippen LogP contribution >= 0.6 is 0 Å². The Morgan fingerprint density at radius 2 is 2.05 bits per heavy atom. The monoisotopic (exact) mass is 528 g/mol. The van der Waals surface area contributed by atoms with Crippen molar-refractivity contribution in [3.63, 3.8) is 0 Å². The maximum atomic E-state index is 13.1. The average molecular weight is 529 g/mol. The molecule has 1 heterocycles. The Morgan fingerprint density at radius 3 is 2.76 bits per heavy atom. The first-order valence-corrected chi connectivity index (χ1v) is 14.6. The zero-order valence-electron chi connectivity index (χ0n) is 22.8. The van der Waals surface area contributed by atoms with Gasteiger partial charge in [-0.2, -0.15) is 0 Å². The van der Waals surface area contributed by atoms with E-state index in [1.807, 2.05) is 0 Å². The fraction of sp³-hybridized carbons (Fsp3) is 0.793. The number of carboxylic acids is 1. The number of hydrogen-bond donors (Lipinski definition) is 5. The minimum Gasteiger partial charge on any atom is -0.545 e. The quantitative estimate of drug-likeness (QED) is 0.125. The lowest BCUT2D eigenvalue weighted by molar-refractivity contribution is -0.831. The Labute approximate surface area is 225 Å². The van der Waals surface area contributed by atoms with E-state index in [-0.39, 0.29) is 40.8 Å². The predicted molar refractivity (Wildman–Crippen MR) is 140 cm³/mol. The van der Waals surface area contributed by atoms with Crippen molar-refractivity contribution in [1.82, 2.24) is 5.32 Å². The summed E-state index contributed by atoms with van der Waals surface area (Å²) in [5.74, 6) is -0.499. The van der Waals surface area contributed by atoms with Crippen LogP contribution in [0.5, 0.6) is 0 Å². The third-order valence-electron chi connectivity index (χ3n) is 12.0. The van der Waals surface area contributed by atoms with E-state index < -0.39 is 23.1 Å².